The van der Waals surface area contributed by atoms with Crippen molar-refractivity contribution < 1.29 is 14.6 Å². The Morgan fingerprint density at radius 1 is 1.50 bits per heavy atom. The number of nitrogens with two attached hydrogens (primary N) is 1. The van der Waals surface area contributed by atoms with Crippen LogP contribution in [0.2, 0.25) is 0 Å². The molecule has 4 nitrogen and oxygen atoms in total. The molecule has 0 aliphatic heterocycles. The summed E-state index contributed by atoms with van der Waals surface area (Å²) in [6.07, 6.45) is 0. The standard InChI is InChI=1S/C9H11NO3.ClH/c1-13-9(12)8(10)6-4-2-3-5-7(6)11;/h2-5,8,11H,10H2,1H3;1H. The van der Waals surface area contributed by atoms with E-state index >= 15 is 0 Å². The fraction of sp³-hybridized carbons (Fsp3) is 0.222. The summed E-state index contributed by atoms with van der Waals surface area (Å²) in [5, 5.41) is 9.34. The summed E-state index contributed by atoms with van der Waals surface area (Å²) in [7, 11) is 1.25. The largest absolute Gasteiger partial charge is 0.508 e. The van der Waals surface area contributed by atoms with Crippen LogP contribution in [0.25, 0.3) is 0 Å². The molecular weight excluding hydrogens is 206 g/mol. The molecule has 5 heteroatoms. The minimum absolute atomic E-state index is 0. The molecule has 3 N–H and O–H groups in total. The van der Waals surface area contributed by atoms with E-state index in [1.54, 1.807) is 18.2 Å². The molecular formula is C9H12ClNO3. The van der Waals surface area contributed by atoms with E-state index in [-0.39, 0.29) is 18.2 Å². The van der Waals surface area contributed by atoms with Gasteiger partial charge in [-0.05, 0) is 6.07 Å². The molecule has 0 spiro atoms. The van der Waals surface area contributed by atoms with E-state index in [0.717, 1.165) is 0 Å². The molecule has 0 aliphatic carbocycles. The number of ether oxygens (including phenoxy) is 1. The maximum absolute atomic E-state index is 11.0. The monoisotopic (exact) mass is 217 g/mol. The first kappa shape index (κ1) is 12.7. The SMILES string of the molecule is COC(=O)C(N)c1ccccc1O.Cl. The summed E-state index contributed by atoms with van der Waals surface area (Å²) in [5.41, 5.74) is 5.89. The van der Waals surface area contributed by atoms with Crippen molar-refractivity contribution in [2.75, 3.05) is 7.11 Å². The van der Waals surface area contributed by atoms with Gasteiger partial charge in [0.1, 0.15) is 11.8 Å². The molecule has 0 aromatic heterocycles. The molecule has 0 aliphatic rings. The fourth-order valence-electron chi connectivity index (χ4n) is 1.00. The van der Waals surface area contributed by atoms with E-state index in [0.29, 0.717) is 5.56 Å². The number of esters is 1. The van der Waals surface area contributed by atoms with Gasteiger partial charge in [0.25, 0.3) is 0 Å². The van der Waals surface area contributed by atoms with Crippen LogP contribution in [-0.2, 0) is 9.53 Å². The zero-order valence-corrected chi connectivity index (χ0v) is 8.45. The van der Waals surface area contributed by atoms with Crippen molar-refractivity contribution in [2.45, 2.75) is 6.04 Å². The van der Waals surface area contributed by atoms with Crippen LogP contribution in [0.5, 0.6) is 5.75 Å². The zero-order chi connectivity index (χ0) is 9.84. The first-order valence-corrected chi connectivity index (χ1v) is 3.78. The summed E-state index contributed by atoms with van der Waals surface area (Å²) in [6.45, 7) is 0. The van der Waals surface area contributed by atoms with Gasteiger partial charge >= 0.3 is 5.97 Å². The van der Waals surface area contributed by atoms with Gasteiger partial charge in [0.05, 0.1) is 7.11 Å². The smallest absolute Gasteiger partial charge is 0.327 e. The zero-order valence-electron chi connectivity index (χ0n) is 7.64. The number of carbonyl (C=O) groups excluding carboxylic acids is 1. The van der Waals surface area contributed by atoms with E-state index in [1.807, 2.05) is 0 Å². The first-order valence-electron chi connectivity index (χ1n) is 3.78. The average molecular weight is 218 g/mol. The van der Waals surface area contributed by atoms with Gasteiger partial charge in [-0.15, -0.1) is 12.4 Å². The van der Waals surface area contributed by atoms with Crippen molar-refractivity contribution in [3.8, 4) is 5.75 Å². The van der Waals surface area contributed by atoms with Gasteiger partial charge in [0.2, 0.25) is 0 Å². The molecule has 14 heavy (non-hydrogen) atoms. The van der Waals surface area contributed by atoms with E-state index in [2.05, 4.69) is 4.74 Å². The molecule has 0 fully saturated rings. The predicted molar refractivity (Wildman–Crippen MR) is 54.3 cm³/mol. The highest BCUT2D eigenvalue weighted by molar-refractivity contribution is 5.85. The Kier molecular flexibility index (Phi) is 4.97. The lowest BCUT2D eigenvalue weighted by Gasteiger charge is -2.10. The third-order valence-electron chi connectivity index (χ3n) is 1.73. The highest BCUT2D eigenvalue weighted by atomic mass is 35.5. The topological polar surface area (TPSA) is 72.5 Å². The lowest BCUT2D eigenvalue weighted by atomic mass is 10.1. The minimum Gasteiger partial charge on any atom is -0.508 e. The molecule has 0 radical (unpaired) electrons. The van der Waals surface area contributed by atoms with Crippen molar-refractivity contribution in [1.29, 1.82) is 0 Å². The van der Waals surface area contributed by atoms with E-state index < -0.39 is 12.0 Å². The third kappa shape index (κ3) is 2.61. The number of phenols is 1. The minimum atomic E-state index is -0.925. The first-order chi connectivity index (χ1) is 6.16. The van der Waals surface area contributed by atoms with Crippen LogP contribution in [0.4, 0.5) is 0 Å². The number of phenolic OH excluding ortho intramolecular Hbond substituents is 1. The van der Waals surface area contributed by atoms with Gasteiger partial charge in [-0.1, -0.05) is 18.2 Å². The highest BCUT2D eigenvalue weighted by Gasteiger charge is 2.18. The number of para-hydroxylation sites is 1. The number of hydrogen-bond acceptors (Lipinski definition) is 4. The summed E-state index contributed by atoms with van der Waals surface area (Å²) in [5.74, 6) is -0.568. The molecule has 0 amide bonds. The van der Waals surface area contributed by atoms with Crippen molar-refractivity contribution in [3.63, 3.8) is 0 Å². The molecule has 0 bridgehead atoms. The maximum Gasteiger partial charge on any atom is 0.327 e. The predicted octanol–water partition coefficient (Wildman–Crippen LogP) is 0.987. The molecule has 1 atom stereocenters. The number of hydrogen-bond donors (Lipinski definition) is 2. The summed E-state index contributed by atoms with van der Waals surface area (Å²) in [4.78, 5) is 11.0. The highest BCUT2D eigenvalue weighted by Crippen LogP contribution is 2.22. The Hall–Kier alpha value is -1.26. The molecule has 78 valence electrons. The summed E-state index contributed by atoms with van der Waals surface area (Å²) >= 11 is 0. The van der Waals surface area contributed by atoms with Crippen LogP contribution in [-0.4, -0.2) is 18.2 Å². The fourth-order valence-corrected chi connectivity index (χ4v) is 1.00. The molecule has 0 saturated carbocycles. The maximum atomic E-state index is 11.0. The van der Waals surface area contributed by atoms with E-state index in [9.17, 15) is 9.90 Å². The molecule has 1 rings (SSSR count). The van der Waals surface area contributed by atoms with Crippen LogP contribution in [0.15, 0.2) is 24.3 Å². The van der Waals surface area contributed by atoms with Gasteiger partial charge in [0.15, 0.2) is 0 Å². The van der Waals surface area contributed by atoms with Crippen LogP contribution in [0, 0.1) is 0 Å². The molecule has 0 heterocycles. The van der Waals surface area contributed by atoms with E-state index in [1.165, 1.54) is 13.2 Å². The molecule has 1 aromatic rings. The second kappa shape index (κ2) is 5.47. The normalized spacial score (nSPS) is 11.3. The van der Waals surface area contributed by atoms with Gasteiger partial charge in [-0.25, -0.2) is 0 Å². The van der Waals surface area contributed by atoms with Crippen molar-refractivity contribution in [1.82, 2.24) is 0 Å². The number of rotatable bonds is 2. The second-order valence-corrected chi connectivity index (χ2v) is 2.56. The van der Waals surface area contributed by atoms with Gasteiger partial charge in [-0.3, -0.25) is 4.79 Å². The lowest BCUT2D eigenvalue weighted by Crippen LogP contribution is -2.22. The number of halogens is 1. The number of benzene rings is 1. The van der Waals surface area contributed by atoms with E-state index in [4.69, 9.17) is 5.73 Å². The molecule has 1 aromatic carbocycles. The van der Waals surface area contributed by atoms with Crippen LogP contribution in [0.3, 0.4) is 0 Å². The Morgan fingerprint density at radius 3 is 2.57 bits per heavy atom. The van der Waals surface area contributed by atoms with Crippen molar-refractivity contribution in [3.05, 3.63) is 29.8 Å². The molecule has 1 unspecified atom stereocenters. The third-order valence-corrected chi connectivity index (χ3v) is 1.73. The van der Waals surface area contributed by atoms with Crippen molar-refractivity contribution in [2.24, 2.45) is 5.73 Å². The Morgan fingerprint density at radius 2 is 2.07 bits per heavy atom. The van der Waals surface area contributed by atoms with Gasteiger partial charge in [-0.2, -0.15) is 0 Å². The Balaban J connectivity index is 0.00000169. The van der Waals surface area contributed by atoms with Crippen LogP contribution < -0.4 is 5.73 Å². The Labute approximate surface area is 88.1 Å². The summed E-state index contributed by atoms with van der Waals surface area (Å²) < 4.78 is 4.45. The number of carbonyl (C=O) groups is 1. The van der Waals surface area contributed by atoms with Gasteiger partial charge in [0, 0.05) is 5.56 Å². The van der Waals surface area contributed by atoms with Crippen molar-refractivity contribution >= 4 is 18.4 Å². The second-order valence-electron chi connectivity index (χ2n) is 2.56. The van der Waals surface area contributed by atoms with Crippen LogP contribution >= 0.6 is 12.4 Å². The number of aromatic hydroxyl groups is 1. The molecule has 0 saturated heterocycles. The summed E-state index contributed by atoms with van der Waals surface area (Å²) in [6, 6.07) is 5.47. The lowest BCUT2D eigenvalue weighted by molar-refractivity contribution is -0.142. The van der Waals surface area contributed by atoms with Gasteiger partial charge < -0.3 is 15.6 Å². The Bertz CT molecular complexity index is 317. The number of methoxy groups -OCH3 is 1. The van der Waals surface area contributed by atoms with Crippen LogP contribution in [0.1, 0.15) is 11.6 Å². The average Bonchev–Trinajstić information content (AvgIpc) is 2.16. The quantitative estimate of drug-likeness (QED) is 0.725.